The zero-order valence-electron chi connectivity index (χ0n) is 12.6. The van der Waals surface area contributed by atoms with E-state index >= 15 is 0 Å². The number of rotatable bonds is 2. The minimum atomic E-state index is -0.506. The standard InChI is InChI=1S/C14H21N5O2/c1-9(2)19-7-11(6-15)13(17-19)16-14(21)18-5-4-10(3)12(20)8-18/h7,9-10,12,20H,4-5,8H2,1-3H3,(H,16,17,21). The summed E-state index contributed by atoms with van der Waals surface area (Å²) in [5.41, 5.74) is 0.336. The van der Waals surface area contributed by atoms with Crippen molar-refractivity contribution in [2.75, 3.05) is 18.4 Å². The van der Waals surface area contributed by atoms with Crippen LogP contribution in [-0.2, 0) is 0 Å². The fourth-order valence-corrected chi connectivity index (χ4v) is 2.24. The van der Waals surface area contributed by atoms with Crippen LogP contribution < -0.4 is 5.32 Å². The molecule has 7 nitrogen and oxygen atoms in total. The van der Waals surface area contributed by atoms with Crippen molar-refractivity contribution in [3.05, 3.63) is 11.8 Å². The maximum atomic E-state index is 12.2. The average Bonchev–Trinajstić information content (AvgIpc) is 2.85. The van der Waals surface area contributed by atoms with Crippen molar-refractivity contribution in [3.63, 3.8) is 0 Å². The van der Waals surface area contributed by atoms with Crippen molar-refractivity contribution < 1.29 is 9.90 Å². The molecule has 1 aliphatic heterocycles. The number of carbonyl (C=O) groups excluding carboxylic acids is 1. The van der Waals surface area contributed by atoms with E-state index in [2.05, 4.69) is 10.4 Å². The molecule has 1 saturated heterocycles. The Morgan fingerprint density at radius 1 is 1.62 bits per heavy atom. The van der Waals surface area contributed by atoms with Gasteiger partial charge in [0.25, 0.3) is 0 Å². The van der Waals surface area contributed by atoms with Gasteiger partial charge in [0.15, 0.2) is 5.82 Å². The predicted octanol–water partition coefficient (Wildman–Crippen LogP) is 1.57. The van der Waals surface area contributed by atoms with Crippen molar-refractivity contribution in [3.8, 4) is 6.07 Å². The molecule has 114 valence electrons. The molecule has 21 heavy (non-hydrogen) atoms. The number of piperidine rings is 1. The van der Waals surface area contributed by atoms with Crippen LogP contribution in [-0.4, -0.2) is 45.0 Å². The van der Waals surface area contributed by atoms with Gasteiger partial charge in [-0.15, -0.1) is 0 Å². The van der Waals surface area contributed by atoms with Crippen LogP contribution >= 0.6 is 0 Å². The molecule has 2 atom stereocenters. The Bertz CT molecular complexity index is 560. The van der Waals surface area contributed by atoms with Gasteiger partial charge in [0.05, 0.1) is 6.10 Å². The van der Waals surface area contributed by atoms with E-state index < -0.39 is 6.10 Å². The monoisotopic (exact) mass is 291 g/mol. The number of hydrogen-bond acceptors (Lipinski definition) is 4. The molecule has 0 aromatic carbocycles. The number of likely N-dealkylation sites (tertiary alicyclic amines) is 1. The molecule has 2 unspecified atom stereocenters. The number of hydrogen-bond donors (Lipinski definition) is 2. The molecule has 2 N–H and O–H groups in total. The largest absolute Gasteiger partial charge is 0.391 e. The number of aliphatic hydroxyl groups excluding tert-OH is 1. The summed E-state index contributed by atoms with van der Waals surface area (Å²) in [4.78, 5) is 13.8. The maximum Gasteiger partial charge on any atom is 0.323 e. The summed E-state index contributed by atoms with van der Waals surface area (Å²) in [5, 5.41) is 25.8. The van der Waals surface area contributed by atoms with Crippen molar-refractivity contribution in [2.45, 2.75) is 39.3 Å². The number of urea groups is 1. The second kappa shape index (κ2) is 6.14. The number of aliphatic hydroxyl groups is 1. The number of β-amino-alcohol motifs (C(OH)–C–C–N with tert-alkyl or cyclic N) is 1. The number of nitrogens with zero attached hydrogens (tertiary/aromatic N) is 4. The SMILES string of the molecule is CC1CCN(C(=O)Nc2nn(C(C)C)cc2C#N)CC1O. The fourth-order valence-electron chi connectivity index (χ4n) is 2.24. The van der Waals surface area contributed by atoms with Gasteiger partial charge in [-0.05, 0) is 26.2 Å². The van der Waals surface area contributed by atoms with E-state index in [0.717, 1.165) is 6.42 Å². The van der Waals surface area contributed by atoms with Gasteiger partial charge in [-0.1, -0.05) is 6.92 Å². The molecular formula is C14H21N5O2. The first-order valence-corrected chi connectivity index (χ1v) is 7.15. The summed E-state index contributed by atoms with van der Waals surface area (Å²) < 4.78 is 1.64. The molecule has 1 aromatic rings. The van der Waals surface area contributed by atoms with E-state index in [1.807, 2.05) is 26.8 Å². The first kappa shape index (κ1) is 15.3. The van der Waals surface area contributed by atoms with Gasteiger partial charge in [0.2, 0.25) is 0 Å². The van der Waals surface area contributed by atoms with Gasteiger partial charge in [0.1, 0.15) is 11.6 Å². The Morgan fingerprint density at radius 3 is 2.90 bits per heavy atom. The van der Waals surface area contributed by atoms with E-state index in [-0.39, 0.29) is 23.8 Å². The van der Waals surface area contributed by atoms with Crippen molar-refractivity contribution in [1.82, 2.24) is 14.7 Å². The molecule has 0 spiro atoms. The fraction of sp³-hybridized carbons (Fsp3) is 0.643. The molecule has 0 bridgehead atoms. The van der Waals surface area contributed by atoms with Crippen LogP contribution in [0.2, 0.25) is 0 Å². The molecule has 0 saturated carbocycles. The van der Waals surface area contributed by atoms with Crippen LogP contribution in [0.5, 0.6) is 0 Å². The maximum absolute atomic E-state index is 12.2. The predicted molar refractivity (Wildman–Crippen MR) is 77.7 cm³/mol. The molecule has 1 aliphatic rings. The first-order valence-electron chi connectivity index (χ1n) is 7.15. The Kier molecular flexibility index (Phi) is 4.48. The first-order chi connectivity index (χ1) is 9.92. The lowest BCUT2D eigenvalue weighted by molar-refractivity contribution is 0.0463. The molecule has 2 amide bonds. The lowest BCUT2D eigenvalue weighted by Crippen LogP contribution is -2.47. The summed E-state index contributed by atoms with van der Waals surface area (Å²) in [5.74, 6) is 0.466. The Hall–Kier alpha value is -2.07. The third-order valence-electron chi connectivity index (χ3n) is 3.81. The smallest absolute Gasteiger partial charge is 0.323 e. The summed E-state index contributed by atoms with van der Waals surface area (Å²) in [6, 6.07) is 1.81. The zero-order valence-corrected chi connectivity index (χ0v) is 12.6. The van der Waals surface area contributed by atoms with Crippen LogP contribution in [0, 0.1) is 17.2 Å². The normalized spacial score (nSPS) is 22.2. The number of carbonyl (C=O) groups is 1. The average molecular weight is 291 g/mol. The molecule has 0 radical (unpaired) electrons. The molecule has 2 heterocycles. The number of anilines is 1. The zero-order chi connectivity index (χ0) is 15.6. The molecule has 7 heteroatoms. The second-order valence-corrected chi connectivity index (χ2v) is 5.79. The highest BCUT2D eigenvalue weighted by Gasteiger charge is 2.28. The number of nitrogens with one attached hydrogen (secondary N) is 1. The van der Waals surface area contributed by atoms with E-state index in [4.69, 9.17) is 5.26 Å². The summed E-state index contributed by atoms with van der Waals surface area (Å²) in [7, 11) is 0. The van der Waals surface area contributed by atoms with Crippen LogP contribution in [0.4, 0.5) is 10.6 Å². The van der Waals surface area contributed by atoms with Gasteiger partial charge >= 0.3 is 6.03 Å². The minimum absolute atomic E-state index is 0.111. The molecule has 1 fully saturated rings. The number of nitriles is 1. The number of amides is 2. The highest BCUT2D eigenvalue weighted by Crippen LogP contribution is 2.19. The van der Waals surface area contributed by atoms with Crippen LogP contribution in [0.1, 0.15) is 38.8 Å². The Morgan fingerprint density at radius 2 is 2.33 bits per heavy atom. The summed E-state index contributed by atoms with van der Waals surface area (Å²) >= 11 is 0. The van der Waals surface area contributed by atoms with Crippen molar-refractivity contribution >= 4 is 11.8 Å². The van der Waals surface area contributed by atoms with Gasteiger partial charge in [-0.25, -0.2) is 4.79 Å². The van der Waals surface area contributed by atoms with Crippen LogP contribution in [0.25, 0.3) is 0 Å². The molecular weight excluding hydrogens is 270 g/mol. The van der Waals surface area contributed by atoms with Crippen LogP contribution in [0.15, 0.2) is 6.20 Å². The Labute approximate surface area is 124 Å². The number of aromatic nitrogens is 2. The topological polar surface area (TPSA) is 94.2 Å². The van der Waals surface area contributed by atoms with E-state index in [0.29, 0.717) is 18.7 Å². The second-order valence-electron chi connectivity index (χ2n) is 5.79. The highest BCUT2D eigenvalue weighted by atomic mass is 16.3. The molecule has 2 rings (SSSR count). The summed E-state index contributed by atoms with van der Waals surface area (Å²) in [6.45, 7) is 6.76. The molecule has 1 aromatic heterocycles. The highest BCUT2D eigenvalue weighted by molar-refractivity contribution is 5.89. The van der Waals surface area contributed by atoms with Gasteiger partial charge in [-0.2, -0.15) is 10.4 Å². The van der Waals surface area contributed by atoms with E-state index in [1.165, 1.54) is 0 Å². The van der Waals surface area contributed by atoms with Crippen molar-refractivity contribution in [2.24, 2.45) is 5.92 Å². The summed E-state index contributed by atoms with van der Waals surface area (Å²) in [6.07, 6.45) is 1.88. The van der Waals surface area contributed by atoms with Gasteiger partial charge in [-0.3, -0.25) is 10.00 Å². The third kappa shape index (κ3) is 3.34. The lowest BCUT2D eigenvalue weighted by atomic mass is 9.96. The third-order valence-corrected chi connectivity index (χ3v) is 3.81. The minimum Gasteiger partial charge on any atom is -0.391 e. The van der Waals surface area contributed by atoms with Crippen LogP contribution in [0.3, 0.4) is 0 Å². The van der Waals surface area contributed by atoms with E-state index in [9.17, 15) is 9.90 Å². The molecule has 0 aliphatic carbocycles. The van der Waals surface area contributed by atoms with E-state index in [1.54, 1.807) is 15.8 Å². The van der Waals surface area contributed by atoms with Gasteiger partial charge < -0.3 is 10.0 Å². The lowest BCUT2D eigenvalue weighted by Gasteiger charge is -2.34. The van der Waals surface area contributed by atoms with Gasteiger partial charge in [0, 0.05) is 25.3 Å². The van der Waals surface area contributed by atoms with Crippen molar-refractivity contribution in [1.29, 1.82) is 5.26 Å². The quantitative estimate of drug-likeness (QED) is 0.864. The Balaban J connectivity index is 2.08.